The summed E-state index contributed by atoms with van der Waals surface area (Å²) >= 11 is 5.99. The van der Waals surface area contributed by atoms with Gasteiger partial charge >= 0.3 is 0 Å². The number of imide groups is 1. The van der Waals surface area contributed by atoms with Crippen LogP contribution in [0.1, 0.15) is 32.3 Å². The van der Waals surface area contributed by atoms with Crippen LogP contribution in [0, 0.1) is 0 Å². The molecule has 5 rings (SSSR count). The molecule has 0 saturated carbocycles. The number of halogens is 1. The molecule has 2 atom stereocenters. The molecule has 2 unspecified atom stereocenters. The van der Waals surface area contributed by atoms with Crippen LogP contribution < -0.4 is 4.90 Å². The Balaban J connectivity index is 1.58. The van der Waals surface area contributed by atoms with E-state index in [1.807, 2.05) is 30.3 Å². The van der Waals surface area contributed by atoms with E-state index in [1.165, 1.54) is 0 Å². The molecule has 0 aromatic heterocycles. The lowest BCUT2D eigenvalue weighted by molar-refractivity contribution is -0.130. The highest BCUT2D eigenvalue weighted by molar-refractivity contribution is 6.30. The summed E-state index contributed by atoms with van der Waals surface area (Å²) in [6, 6.07) is 21.7. The van der Waals surface area contributed by atoms with Crippen LogP contribution in [-0.4, -0.2) is 28.7 Å². The second-order valence-electron chi connectivity index (χ2n) is 7.01. The number of anilines is 1. The predicted octanol–water partition coefficient (Wildman–Crippen LogP) is 4.09. The molecule has 6 heteroatoms. The van der Waals surface area contributed by atoms with Crippen molar-refractivity contribution < 1.29 is 14.4 Å². The number of hydrogen-bond acceptors (Lipinski definition) is 3. The minimum atomic E-state index is -0.888. The molecule has 3 amide bonds. The standard InChI is InChI=1S/C23H15ClN2O3/c24-15-10-12-16(13-11-15)25-19(14-6-2-1-3-7-14)20(23(25)29)26-21(27)17-8-4-5-9-18(17)22(26)28/h1-13,19-20H. The lowest BCUT2D eigenvalue weighted by Gasteiger charge is -2.49. The summed E-state index contributed by atoms with van der Waals surface area (Å²) < 4.78 is 0. The van der Waals surface area contributed by atoms with Gasteiger partial charge in [-0.3, -0.25) is 19.3 Å². The van der Waals surface area contributed by atoms with E-state index in [2.05, 4.69) is 0 Å². The zero-order valence-corrected chi connectivity index (χ0v) is 15.9. The summed E-state index contributed by atoms with van der Waals surface area (Å²) in [7, 11) is 0. The van der Waals surface area contributed by atoms with Crippen molar-refractivity contribution >= 4 is 35.0 Å². The van der Waals surface area contributed by atoms with Crippen molar-refractivity contribution in [3.05, 3.63) is 101 Å². The van der Waals surface area contributed by atoms with E-state index in [0.29, 0.717) is 21.8 Å². The number of fused-ring (bicyclic) bond motifs is 1. The molecule has 0 bridgehead atoms. The first kappa shape index (κ1) is 17.6. The molecule has 3 aromatic carbocycles. The average Bonchev–Trinajstić information content (AvgIpc) is 2.99. The third kappa shape index (κ3) is 2.58. The minimum Gasteiger partial charge on any atom is -0.300 e. The zero-order valence-electron chi connectivity index (χ0n) is 15.2. The van der Waals surface area contributed by atoms with Gasteiger partial charge in [0.2, 0.25) is 0 Å². The van der Waals surface area contributed by atoms with Gasteiger partial charge in [0.15, 0.2) is 0 Å². The summed E-state index contributed by atoms with van der Waals surface area (Å²) in [5.41, 5.74) is 2.19. The highest BCUT2D eigenvalue weighted by Gasteiger charge is 2.57. The maximum absolute atomic E-state index is 13.2. The molecule has 2 aliphatic heterocycles. The van der Waals surface area contributed by atoms with Crippen LogP contribution in [0.5, 0.6) is 0 Å². The Hall–Kier alpha value is -3.44. The SMILES string of the molecule is O=C1c2ccccc2C(=O)N1C1C(=O)N(c2ccc(Cl)cc2)C1c1ccccc1. The van der Waals surface area contributed by atoms with Crippen molar-refractivity contribution in [2.45, 2.75) is 12.1 Å². The van der Waals surface area contributed by atoms with Crippen molar-refractivity contribution in [2.75, 3.05) is 4.90 Å². The van der Waals surface area contributed by atoms with Crippen LogP contribution in [0.2, 0.25) is 5.02 Å². The summed E-state index contributed by atoms with van der Waals surface area (Å²) in [4.78, 5) is 41.9. The van der Waals surface area contributed by atoms with Crippen molar-refractivity contribution in [1.29, 1.82) is 0 Å². The van der Waals surface area contributed by atoms with E-state index in [-0.39, 0.29) is 5.91 Å². The molecule has 0 radical (unpaired) electrons. The Bertz CT molecular complexity index is 1110. The Kier molecular flexibility index (Phi) is 4.00. The molecular formula is C23H15ClN2O3. The lowest BCUT2D eigenvalue weighted by atomic mass is 9.86. The van der Waals surface area contributed by atoms with Crippen molar-refractivity contribution in [2.24, 2.45) is 0 Å². The number of carbonyl (C=O) groups excluding carboxylic acids is 3. The fourth-order valence-electron chi connectivity index (χ4n) is 4.06. The molecule has 0 N–H and O–H groups in total. The first-order valence-corrected chi connectivity index (χ1v) is 9.56. The van der Waals surface area contributed by atoms with E-state index in [9.17, 15) is 14.4 Å². The summed E-state index contributed by atoms with van der Waals surface area (Å²) in [5, 5.41) is 0.565. The number of amides is 3. The normalized spacial score (nSPS) is 20.7. The first-order chi connectivity index (χ1) is 14.1. The average molecular weight is 403 g/mol. The van der Waals surface area contributed by atoms with Crippen LogP contribution in [-0.2, 0) is 4.79 Å². The number of benzene rings is 3. The van der Waals surface area contributed by atoms with Crippen LogP contribution in [0.15, 0.2) is 78.9 Å². The Morgan fingerprint density at radius 1 is 0.621 bits per heavy atom. The quantitative estimate of drug-likeness (QED) is 0.489. The topological polar surface area (TPSA) is 57.7 Å². The van der Waals surface area contributed by atoms with Gasteiger partial charge in [0.25, 0.3) is 17.7 Å². The third-order valence-electron chi connectivity index (χ3n) is 5.42. The molecule has 1 fully saturated rings. The van der Waals surface area contributed by atoms with Gasteiger partial charge in [0.05, 0.1) is 17.2 Å². The van der Waals surface area contributed by atoms with E-state index in [4.69, 9.17) is 11.6 Å². The second-order valence-corrected chi connectivity index (χ2v) is 7.45. The number of β-lactam (4-membered cyclic amide) rings is 1. The minimum absolute atomic E-state index is 0.296. The molecule has 2 heterocycles. The highest BCUT2D eigenvalue weighted by atomic mass is 35.5. The Morgan fingerprint density at radius 3 is 1.76 bits per heavy atom. The fourth-order valence-corrected chi connectivity index (χ4v) is 4.18. The Labute approximate surface area is 172 Å². The van der Waals surface area contributed by atoms with Crippen LogP contribution in [0.3, 0.4) is 0 Å². The van der Waals surface area contributed by atoms with E-state index >= 15 is 0 Å². The molecule has 5 nitrogen and oxygen atoms in total. The van der Waals surface area contributed by atoms with E-state index < -0.39 is 23.9 Å². The van der Waals surface area contributed by atoms with Gasteiger partial charge in [-0.25, -0.2) is 0 Å². The molecule has 0 spiro atoms. The lowest BCUT2D eigenvalue weighted by Crippen LogP contribution is -2.67. The van der Waals surface area contributed by atoms with Gasteiger partial charge in [-0.1, -0.05) is 54.1 Å². The number of hydrogen-bond donors (Lipinski definition) is 0. The van der Waals surface area contributed by atoms with Crippen LogP contribution in [0.25, 0.3) is 0 Å². The van der Waals surface area contributed by atoms with E-state index in [1.54, 1.807) is 53.4 Å². The fraction of sp³-hybridized carbons (Fsp3) is 0.0870. The van der Waals surface area contributed by atoms with Gasteiger partial charge in [-0.2, -0.15) is 0 Å². The molecule has 1 saturated heterocycles. The molecule has 2 aliphatic rings. The maximum Gasteiger partial charge on any atom is 0.262 e. The van der Waals surface area contributed by atoms with Gasteiger partial charge in [-0.05, 0) is 42.0 Å². The molecule has 142 valence electrons. The van der Waals surface area contributed by atoms with Crippen molar-refractivity contribution in [3.63, 3.8) is 0 Å². The summed E-state index contributed by atoms with van der Waals surface area (Å²) in [5.74, 6) is -1.16. The van der Waals surface area contributed by atoms with Crippen LogP contribution >= 0.6 is 11.6 Å². The highest BCUT2D eigenvalue weighted by Crippen LogP contribution is 2.44. The van der Waals surface area contributed by atoms with Gasteiger partial charge in [0.1, 0.15) is 6.04 Å². The third-order valence-corrected chi connectivity index (χ3v) is 5.67. The van der Waals surface area contributed by atoms with Crippen molar-refractivity contribution in [3.8, 4) is 0 Å². The molecule has 0 aliphatic carbocycles. The zero-order chi connectivity index (χ0) is 20.1. The van der Waals surface area contributed by atoms with Gasteiger partial charge < -0.3 is 4.90 Å². The number of rotatable bonds is 3. The predicted molar refractivity (Wildman–Crippen MR) is 109 cm³/mol. The smallest absolute Gasteiger partial charge is 0.262 e. The largest absolute Gasteiger partial charge is 0.300 e. The van der Waals surface area contributed by atoms with E-state index in [0.717, 1.165) is 10.5 Å². The summed E-state index contributed by atoms with van der Waals surface area (Å²) in [6.07, 6.45) is 0. The van der Waals surface area contributed by atoms with Crippen LogP contribution in [0.4, 0.5) is 5.69 Å². The maximum atomic E-state index is 13.2. The number of carbonyl (C=O) groups is 3. The second kappa shape index (κ2) is 6.57. The molecular weight excluding hydrogens is 388 g/mol. The number of nitrogens with zero attached hydrogens (tertiary/aromatic N) is 2. The van der Waals surface area contributed by atoms with Crippen molar-refractivity contribution in [1.82, 2.24) is 4.90 Å². The molecule has 29 heavy (non-hydrogen) atoms. The van der Waals surface area contributed by atoms with Gasteiger partial charge in [0, 0.05) is 10.7 Å². The van der Waals surface area contributed by atoms with Gasteiger partial charge in [-0.15, -0.1) is 0 Å². The Morgan fingerprint density at radius 2 is 1.17 bits per heavy atom. The first-order valence-electron chi connectivity index (χ1n) is 9.18. The summed E-state index contributed by atoms with van der Waals surface area (Å²) in [6.45, 7) is 0. The monoisotopic (exact) mass is 402 g/mol. The molecule has 3 aromatic rings.